The van der Waals surface area contributed by atoms with Gasteiger partial charge in [0.15, 0.2) is 17.0 Å². The van der Waals surface area contributed by atoms with Gasteiger partial charge in [-0.3, -0.25) is 29.1 Å². The number of pyridine rings is 1. The Balaban J connectivity index is 1.42. The molecule has 0 saturated carbocycles. The highest BCUT2D eigenvalue weighted by atomic mass is 19.4. The molecule has 0 aromatic carbocycles. The Hall–Kier alpha value is -5.15. The SMILES string of the molecule is Cc1cc(Cn2c(=O)[nH]c3ncn([C@@H](C)C(=O)Nc4cncc(-c5cnc(C)c(C(F)(F)F)c5)n4)c3c2=O)no1. The van der Waals surface area contributed by atoms with E-state index in [4.69, 9.17) is 4.52 Å². The number of amides is 1. The largest absolute Gasteiger partial charge is 0.418 e. The molecule has 5 aromatic rings. The molecule has 40 heavy (non-hydrogen) atoms. The van der Waals surface area contributed by atoms with E-state index >= 15 is 0 Å². The summed E-state index contributed by atoms with van der Waals surface area (Å²) in [7, 11) is 0. The number of nitrogens with zero attached hydrogens (tertiary/aromatic N) is 7. The van der Waals surface area contributed by atoms with E-state index in [-0.39, 0.29) is 40.5 Å². The topological polar surface area (TPSA) is 166 Å². The normalized spacial score (nSPS) is 12.6. The summed E-state index contributed by atoms with van der Waals surface area (Å²) < 4.78 is 47.1. The van der Waals surface area contributed by atoms with E-state index in [9.17, 15) is 27.6 Å². The predicted octanol–water partition coefficient (Wildman–Crippen LogP) is 2.61. The number of carbonyl (C=O) groups is 1. The molecule has 0 fully saturated rings. The maximum atomic E-state index is 13.3. The number of anilines is 1. The molecule has 5 rings (SSSR count). The van der Waals surface area contributed by atoms with Crippen molar-refractivity contribution in [2.24, 2.45) is 0 Å². The van der Waals surface area contributed by atoms with Crippen LogP contribution in [0.15, 0.2) is 51.2 Å². The average Bonchev–Trinajstić information content (AvgIpc) is 3.51. The van der Waals surface area contributed by atoms with Crippen LogP contribution in [0.5, 0.6) is 0 Å². The zero-order valence-corrected chi connectivity index (χ0v) is 21.1. The number of alkyl halides is 3. The number of hydrogen-bond acceptors (Lipinski definition) is 9. The van der Waals surface area contributed by atoms with Gasteiger partial charge in [0.1, 0.15) is 17.5 Å². The van der Waals surface area contributed by atoms with Gasteiger partial charge in [-0.15, -0.1) is 0 Å². The molecule has 5 aromatic heterocycles. The second kappa shape index (κ2) is 9.87. The Kier molecular flexibility index (Phi) is 6.53. The number of H-pyrrole nitrogens is 1. The van der Waals surface area contributed by atoms with Gasteiger partial charge in [-0.05, 0) is 26.8 Å². The van der Waals surface area contributed by atoms with Crippen LogP contribution in [0.1, 0.15) is 35.7 Å². The first kappa shape index (κ1) is 26.5. The average molecular weight is 555 g/mol. The van der Waals surface area contributed by atoms with Gasteiger partial charge < -0.3 is 14.4 Å². The standard InChI is InChI=1S/C24H20F3N9O4/c1-11-4-15(34-40-11)9-35-22(38)19-20(33-23(35)39)30-10-36(19)13(3)21(37)32-18-8-28-7-17(31-18)14-5-16(24(25,26)27)12(2)29-6-14/h4-8,10,13H,9H2,1-3H3,(H,33,39)(H,31,32,37)/t13-/m0/s1. The lowest BCUT2D eigenvalue weighted by Gasteiger charge is -2.15. The fourth-order valence-electron chi connectivity index (χ4n) is 4.03. The molecule has 0 aliphatic rings. The molecule has 206 valence electrons. The van der Waals surface area contributed by atoms with Crippen LogP contribution in [-0.4, -0.2) is 45.1 Å². The molecule has 0 radical (unpaired) electrons. The Bertz CT molecular complexity index is 1870. The zero-order valence-electron chi connectivity index (χ0n) is 21.1. The first-order chi connectivity index (χ1) is 18.9. The van der Waals surface area contributed by atoms with Crippen LogP contribution in [0.4, 0.5) is 19.0 Å². The Labute approximate surface area is 221 Å². The van der Waals surface area contributed by atoms with Crippen LogP contribution in [0, 0.1) is 13.8 Å². The third-order valence-electron chi connectivity index (χ3n) is 6.08. The molecule has 0 aliphatic carbocycles. The zero-order chi connectivity index (χ0) is 28.8. The minimum absolute atomic E-state index is 0.0173. The predicted molar refractivity (Wildman–Crippen MR) is 133 cm³/mol. The molecule has 1 atom stereocenters. The van der Waals surface area contributed by atoms with Gasteiger partial charge in [-0.25, -0.2) is 14.8 Å². The third kappa shape index (κ3) is 4.97. The van der Waals surface area contributed by atoms with Crippen molar-refractivity contribution in [3.05, 3.63) is 80.6 Å². The number of fused-ring (bicyclic) bond motifs is 1. The minimum atomic E-state index is -4.60. The fourth-order valence-corrected chi connectivity index (χ4v) is 4.03. The quantitative estimate of drug-likeness (QED) is 0.320. The molecule has 0 saturated heterocycles. The summed E-state index contributed by atoms with van der Waals surface area (Å²) in [5, 5.41) is 6.34. The summed E-state index contributed by atoms with van der Waals surface area (Å²) in [4.78, 5) is 57.4. The van der Waals surface area contributed by atoms with Gasteiger partial charge in [-0.1, -0.05) is 5.16 Å². The van der Waals surface area contributed by atoms with Gasteiger partial charge >= 0.3 is 11.9 Å². The molecular weight excluding hydrogens is 535 g/mol. The minimum Gasteiger partial charge on any atom is -0.361 e. The molecule has 16 heteroatoms. The Morgan fingerprint density at radius 3 is 2.62 bits per heavy atom. The van der Waals surface area contributed by atoms with Gasteiger partial charge in [0, 0.05) is 23.5 Å². The molecule has 0 spiro atoms. The van der Waals surface area contributed by atoms with Crippen molar-refractivity contribution in [3.63, 3.8) is 0 Å². The van der Waals surface area contributed by atoms with E-state index < -0.39 is 34.9 Å². The Morgan fingerprint density at radius 2 is 1.93 bits per heavy atom. The lowest BCUT2D eigenvalue weighted by molar-refractivity contribution is -0.138. The number of aromatic nitrogens is 8. The van der Waals surface area contributed by atoms with Crippen LogP contribution < -0.4 is 16.6 Å². The Morgan fingerprint density at radius 1 is 1.15 bits per heavy atom. The number of hydrogen-bond donors (Lipinski definition) is 2. The molecule has 5 heterocycles. The maximum absolute atomic E-state index is 13.3. The van der Waals surface area contributed by atoms with Crippen LogP contribution >= 0.6 is 0 Å². The maximum Gasteiger partial charge on any atom is 0.418 e. The molecule has 2 N–H and O–H groups in total. The van der Waals surface area contributed by atoms with Crippen LogP contribution in [0.3, 0.4) is 0 Å². The summed E-state index contributed by atoms with van der Waals surface area (Å²) >= 11 is 0. The van der Waals surface area contributed by atoms with E-state index in [2.05, 4.69) is 35.4 Å². The van der Waals surface area contributed by atoms with Crippen molar-refractivity contribution in [2.75, 3.05) is 5.32 Å². The molecule has 0 bridgehead atoms. The highest BCUT2D eigenvalue weighted by molar-refractivity contribution is 5.93. The van der Waals surface area contributed by atoms with Crippen molar-refractivity contribution < 1.29 is 22.5 Å². The highest BCUT2D eigenvalue weighted by Gasteiger charge is 2.33. The fraction of sp³-hybridized carbons (Fsp3) is 0.250. The number of nitrogens with one attached hydrogen (secondary N) is 2. The lowest BCUT2D eigenvalue weighted by Crippen LogP contribution is -2.37. The summed E-state index contributed by atoms with van der Waals surface area (Å²) in [6.45, 7) is 4.23. The van der Waals surface area contributed by atoms with Crippen LogP contribution in [0.2, 0.25) is 0 Å². The highest BCUT2D eigenvalue weighted by Crippen LogP contribution is 2.33. The molecule has 13 nitrogen and oxygen atoms in total. The van der Waals surface area contributed by atoms with Gasteiger partial charge in [0.05, 0.1) is 36.5 Å². The number of halogens is 3. The van der Waals surface area contributed by atoms with Crippen LogP contribution in [-0.2, 0) is 17.5 Å². The summed E-state index contributed by atoms with van der Waals surface area (Å²) in [5.74, 6) is -0.171. The number of carbonyl (C=O) groups excluding carboxylic acids is 1. The monoisotopic (exact) mass is 555 g/mol. The van der Waals surface area contributed by atoms with E-state index in [1.807, 2.05) is 0 Å². The lowest BCUT2D eigenvalue weighted by atomic mass is 10.1. The summed E-state index contributed by atoms with van der Waals surface area (Å²) in [6.07, 6.45) is 0.315. The smallest absolute Gasteiger partial charge is 0.361 e. The molecule has 1 amide bonds. The van der Waals surface area contributed by atoms with E-state index in [1.165, 1.54) is 43.3 Å². The van der Waals surface area contributed by atoms with E-state index in [0.29, 0.717) is 11.5 Å². The second-order valence-electron chi connectivity index (χ2n) is 8.91. The summed E-state index contributed by atoms with van der Waals surface area (Å²) in [6, 6.07) is 1.47. The van der Waals surface area contributed by atoms with Crippen molar-refractivity contribution in [1.29, 1.82) is 0 Å². The first-order valence-corrected chi connectivity index (χ1v) is 11.7. The second-order valence-corrected chi connectivity index (χ2v) is 8.91. The van der Waals surface area contributed by atoms with E-state index in [1.54, 1.807) is 13.0 Å². The summed E-state index contributed by atoms with van der Waals surface area (Å²) in [5.41, 5.74) is -2.11. The van der Waals surface area contributed by atoms with Gasteiger partial charge in [-0.2, -0.15) is 13.2 Å². The number of aromatic amines is 1. The molecular formula is C24H20F3N9O4. The molecule has 0 unspecified atom stereocenters. The first-order valence-electron chi connectivity index (χ1n) is 11.7. The van der Waals surface area contributed by atoms with Crippen molar-refractivity contribution in [1.82, 2.24) is 39.2 Å². The molecule has 0 aliphatic heterocycles. The van der Waals surface area contributed by atoms with Crippen LogP contribution in [0.25, 0.3) is 22.4 Å². The number of aryl methyl sites for hydroxylation is 2. The number of imidazole rings is 1. The third-order valence-corrected chi connectivity index (χ3v) is 6.08. The van der Waals surface area contributed by atoms with Gasteiger partial charge in [0.25, 0.3) is 5.56 Å². The van der Waals surface area contributed by atoms with Crippen molar-refractivity contribution in [2.45, 2.75) is 39.5 Å². The number of rotatable bonds is 6. The van der Waals surface area contributed by atoms with Crippen molar-refractivity contribution in [3.8, 4) is 11.3 Å². The van der Waals surface area contributed by atoms with Crippen molar-refractivity contribution >= 4 is 22.9 Å². The van der Waals surface area contributed by atoms with E-state index in [0.717, 1.165) is 10.6 Å². The van der Waals surface area contributed by atoms with Gasteiger partial charge in [0.2, 0.25) is 5.91 Å².